The minimum Gasteiger partial charge on any atom is -0.395 e. The van der Waals surface area contributed by atoms with Crippen LogP contribution < -0.4 is 5.32 Å². The first-order valence-corrected chi connectivity index (χ1v) is 6.44. The average Bonchev–Trinajstić information content (AvgIpc) is 2.39. The van der Waals surface area contributed by atoms with Crippen LogP contribution in [0.1, 0.15) is 13.3 Å². The van der Waals surface area contributed by atoms with Crippen LogP contribution in [0.3, 0.4) is 0 Å². The molecule has 0 aliphatic rings. The zero-order chi connectivity index (χ0) is 15.0. The summed E-state index contributed by atoms with van der Waals surface area (Å²) in [5.74, 6) is -0.208. The normalized spacial score (nSPS) is 10.6. The smallest absolute Gasteiger partial charge is 0.269 e. The zero-order valence-corrected chi connectivity index (χ0v) is 11.4. The Balaban J connectivity index is 2.54. The van der Waals surface area contributed by atoms with Gasteiger partial charge in [0.05, 0.1) is 18.1 Å². The summed E-state index contributed by atoms with van der Waals surface area (Å²) in [5.41, 5.74) is 0.497. The second-order valence-electron chi connectivity index (χ2n) is 4.35. The molecule has 0 aliphatic heterocycles. The third-order valence-electron chi connectivity index (χ3n) is 2.69. The molecule has 2 N–H and O–H groups in total. The number of amides is 1. The van der Waals surface area contributed by atoms with Gasteiger partial charge in [0.15, 0.2) is 0 Å². The SMILES string of the molecule is CCCN(CCO)CC(=O)Nc1ccc([N+](=O)[O-])cc1. The molecular weight excluding hydrogens is 262 g/mol. The molecule has 0 unspecified atom stereocenters. The van der Waals surface area contributed by atoms with Crippen LogP contribution in [0.5, 0.6) is 0 Å². The van der Waals surface area contributed by atoms with E-state index < -0.39 is 4.92 Å². The lowest BCUT2D eigenvalue weighted by Gasteiger charge is -2.19. The molecule has 0 fully saturated rings. The number of nitrogens with one attached hydrogen (secondary N) is 1. The number of aliphatic hydroxyl groups is 1. The highest BCUT2D eigenvalue weighted by atomic mass is 16.6. The molecular formula is C13H19N3O4. The lowest BCUT2D eigenvalue weighted by atomic mass is 10.3. The number of aliphatic hydroxyl groups excluding tert-OH is 1. The van der Waals surface area contributed by atoms with Crippen LogP contribution >= 0.6 is 0 Å². The minimum atomic E-state index is -0.490. The first kappa shape index (κ1) is 16.1. The van der Waals surface area contributed by atoms with Crippen molar-refractivity contribution in [2.45, 2.75) is 13.3 Å². The Kier molecular flexibility index (Phi) is 6.61. The number of anilines is 1. The fraction of sp³-hybridized carbons (Fsp3) is 0.462. The maximum absolute atomic E-state index is 11.8. The summed E-state index contributed by atoms with van der Waals surface area (Å²) in [6.45, 7) is 3.37. The molecule has 1 rings (SSSR count). The van der Waals surface area contributed by atoms with Gasteiger partial charge in [-0.05, 0) is 25.1 Å². The molecule has 110 valence electrons. The Morgan fingerprint density at radius 1 is 1.35 bits per heavy atom. The summed E-state index contributed by atoms with van der Waals surface area (Å²) in [7, 11) is 0. The maximum Gasteiger partial charge on any atom is 0.269 e. The number of rotatable bonds is 8. The van der Waals surface area contributed by atoms with E-state index in [9.17, 15) is 14.9 Å². The van der Waals surface area contributed by atoms with Gasteiger partial charge in [-0.3, -0.25) is 19.8 Å². The zero-order valence-electron chi connectivity index (χ0n) is 11.4. The largest absolute Gasteiger partial charge is 0.395 e. The standard InChI is InChI=1S/C13H19N3O4/c1-2-7-15(8-9-17)10-13(18)14-11-3-5-12(6-4-11)16(19)20/h3-6,17H,2,7-10H2,1H3,(H,14,18). The van der Waals surface area contributed by atoms with E-state index in [1.807, 2.05) is 11.8 Å². The van der Waals surface area contributed by atoms with E-state index in [2.05, 4.69) is 5.32 Å². The number of hydrogen-bond donors (Lipinski definition) is 2. The minimum absolute atomic E-state index is 0.00477. The highest BCUT2D eigenvalue weighted by Crippen LogP contribution is 2.15. The highest BCUT2D eigenvalue weighted by molar-refractivity contribution is 5.92. The highest BCUT2D eigenvalue weighted by Gasteiger charge is 2.10. The Morgan fingerprint density at radius 3 is 2.50 bits per heavy atom. The van der Waals surface area contributed by atoms with Crippen molar-refractivity contribution in [3.63, 3.8) is 0 Å². The van der Waals surface area contributed by atoms with Crippen molar-refractivity contribution in [1.82, 2.24) is 4.90 Å². The summed E-state index contributed by atoms with van der Waals surface area (Å²) < 4.78 is 0. The maximum atomic E-state index is 11.8. The lowest BCUT2D eigenvalue weighted by molar-refractivity contribution is -0.384. The molecule has 0 spiro atoms. The fourth-order valence-electron chi connectivity index (χ4n) is 1.80. The van der Waals surface area contributed by atoms with Crippen molar-refractivity contribution in [1.29, 1.82) is 0 Å². The van der Waals surface area contributed by atoms with Crippen LogP contribution in [0.25, 0.3) is 0 Å². The van der Waals surface area contributed by atoms with Crippen molar-refractivity contribution >= 4 is 17.3 Å². The van der Waals surface area contributed by atoms with Gasteiger partial charge in [0.1, 0.15) is 0 Å². The first-order chi connectivity index (χ1) is 9.56. The van der Waals surface area contributed by atoms with E-state index in [1.165, 1.54) is 24.3 Å². The third-order valence-corrected chi connectivity index (χ3v) is 2.69. The van der Waals surface area contributed by atoms with Gasteiger partial charge >= 0.3 is 0 Å². The number of nitrogens with zero attached hydrogens (tertiary/aromatic N) is 2. The Morgan fingerprint density at radius 2 is 2.00 bits per heavy atom. The summed E-state index contributed by atoms with van der Waals surface area (Å²) in [6.07, 6.45) is 0.894. The molecule has 0 saturated heterocycles. The van der Waals surface area contributed by atoms with Gasteiger partial charge in [0.25, 0.3) is 5.69 Å². The molecule has 0 bridgehead atoms. The van der Waals surface area contributed by atoms with E-state index in [-0.39, 0.29) is 24.7 Å². The number of non-ortho nitro benzene ring substituents is 1. The molecule has 0 aromatic heterocycles. The topological polar surface area (TPSA) is 95.7 Å². The van der Waals surface area contributed by atoms with Gasteiger partial charge in [0.2, 0.25) is 5.91 Å². The van der Waals surface area contributed by atoms with Gasteiger partial charge in [-0.2, -0.15) is 0 Å². The Hall–Kier alpha value is -1.99. The molecule has 7 heteroatoms. The summed E-state index contributed by atoms with van der Waals surface area (Å²) in [6, 6.07) is 5.67. The molecule has 0 aliphatic carbocycles. The van der Waals surface area contributed by atoms with E-state index in [4.69, 9.17) is 5.11 Å². The number of hydrogen-bond acceptors (Lipinski definition) is 5. The van der Waals surface area contributed by atoms with E-state index >= 15 is 0 Å². The number of carbonyl (C=O) groups excluding carboxylic acids is 1. The molecule has 0 heterocycles. The molecule has 1 amide bonds. The quantitative estimate of drug-likeness (QED) is 0.552. The second kappa shape index (κ2) is 8.23. The molecule has 1 aromatic rings. The van der Waals surface area contributed by atoms with Crippen LogP contribution in [0, 0.1) is 10.1 Å². The lowest BCUT2D eigenvalue weighted by Crippen LogP contribution is -2.35. The van der Waals surface area contributed by atoms with E-state index in [1.54, 1.807) is 0 Å². The van der Waals surface area contributed by atoms with Crippen LogP contribution in [-0.2, 0) is 4.79 Å². The molecule has 0 radical (unpaired) electrons. The molecule has 0 saturated carbocycles. The van der Waals surface area contributed by atoms with Crippen LogP contribution in [0.4, 0.5) is 11.4 Å². The van der Waals surface area contributed by atoms with Crippen molar-refractivity contribution < 1.29 is 14.8 Å². The predicted molar refractivity (Wildman–Crippen MR) is 75.5 cm³/mol. The van der Waals surface area contributed by atoms with Gasteiger partial charge < -0.3 is 10.4 Å². The van der Waals surface area contributed by atoms with E-state index in [0.29, 0.717) is 12.2 Å². The second-order valence-corrected chi connectivity index (χ2v) is 4.35. The number of carbonyl (C=O) groups is 1. The van der Waals surface area contributed by atoms with Crippen molar-refractivity contribution in [2.75, 3.05) is 31.6 Å². The molecule has 20 heavy (non-hydrogen) atoms. The summed E-state index contributed by atoms with van der Waals surface area (Å²) >= 11 is 0. The van der Waals surface area contributed by atoms with E-state index in [0.717, 1.165) is 13.0 Å². The number of benzene rings is 1. The Bertz CT molecular complexity index is 441. The average molecular weight is 281 g/mol. The monoisotopic (exact) mass is 281 g/mol. The summed E-state index contributed by atoms with van der Waals surface area (Å²) in [4.78, 5) is 23.7. The van der Waals surface area contributed by atoms with Crippen molar-refractivity contribution in [3.8, 4) is 0 Å². The molecule has 0 atom stereocenters. The predicted octanol–water partition coefficient (Wildman–Crippen LogP) is 1.24. The van der Waals surface area contributed by atoms with Gasteiger partial charge in [-0.1, -0.05) is 6.92 Å². The van der Waals surface area contributed by atoms with Gasteiger partial charge in [-0.15, -0.1) is 0 Å². The fourth-order valence-corrected chi connectivity index (χ4v) is 1.80. The van der Waals surface area contributed by atoms with Gasteiger partial charge in [-0.25, -0.2) is 0 Å². The van der Waals surface area contributed by atoms with Crippen LogP contribution in [0.2, 0.25) is 0 Å². The number of nitro benzene ring substituents is 1. The third kappa shape index (κ3) is 5.33. The Labute approximate surface area is 117 Å². The summed E-state index contributed by atoms with van der Waals surface area (Å²) in [5, 5.41) is 22.1. The van der Waals surface area contributed by atoms with Crippen molar-refractivity contribution in [2.24, 2.45) is 0 Å². The molecule has 1 aromatic carbocycles. The van der Waals surface area contributed by atoms with Crippen LogP contribution in [-0.4, -0.2) is 47.1 Å². The number of nitro groups is 1. The van der Waals surface area contributed by atoms with Gasteiger partial charge in [0, 0.05) is 24.4 Å². The molecule has 7 nitrogen and oxygen atoms in total. The first-order valence-electron chi connectivity index (χ1n) is 6.44. The van der Waals surface area contributed by atoms with Crippen LogP contribution in [0.15, 0.2) is 24.3 Å². The van der Waals surface area contributed by atoms with Crippen molar-refractivity contribution in [3.05, 3.63) is 34.4 Å².